The number of hydrogen-bond donors (Lipinski definition) is 1. The fraction of sp³-hybridized carbons (Fsp3) is 1.00. The topological polar surface area (TPSA) is 18.5 Å². The number of nitrogens with zero attached hydrogens (tertiary/aromatic N) is 2. The van der Waals surface area contributed by atoms with Gasteiger partial charge >= 0.3 is 0 Å². The molecule has 2 saturated heterocycles. The van der Waals surface area contributed by atoms with Crippen LogP contribution in [0.25, 0.3) is 0 Å². The molecule has 1 N–H and O–H groups in total. The number of piperazine rings is 1. The van der Waals surface area contributed by atoms with E-state index in [-0.39, 0.29) is 0 Å². The summed E-state index contributed by atoms with van der Waals surface area (Å²) in [4.78, 5) is 5.27. The minimum atomic E-state index is 0.411. The third kappa shape index (κ3) is 2.51. The van der Waals surface area contributed by atoms with Gasteiger partial charge in [-0.3, -0.25) is 4.90 Å². The minimum absolute atomic E-state index is 0.411. The molecule has 1 saturated carbocycles. The summed E-state index contributed by atoms with van der Waals surface area (Å²) in [6.07, 6.45) is 5.68. The van der Waals surface area contributed by atoms with Crippen LogP contribution in [0.2, 0.25) is 0 Å². The molecular formula is C14H27N3. The van der Waals surface area contributed by atoms with E-state index in [0.717, 1.165) is 12.0 Å². The quantitative estimate of drug-likeness (QED) is 0.777. The normalized spacial score (nSPS) is 41.6. The Balaban J connectivity index is 1.62. The summed E-state index contributed by atoms with van der Waals surface area (Å²) in [6, 6.07) is 0.814. The number of nitrogens with one attached hydrogen (secondary N) is 1. The van der Waals surface area contributed by atoms with E-state index in [0.29, 0.717) is 5.54 Å². The van der Waals surface area contributed by atoms with Gasteiger partial charge in [0.15, 0.2) is 0 Å². The summed E-state index contributed by atoms with van der Waals surface area (Å²) in [6.45, 7) is 8.73. The van der Waals surface area contributed by atoms with Crippen molar-refractivity contribution in [3.63, 3.8) is 0 Å². The first-order valence-electron chi connectivity index (χ1n) is 7.35. The van der Waals surface area contributed by atoms with Gasteiger partial charge in [-0.15, -0.1) is 0 Å². The van der Waals surface area contributed by atoms with Crippen molar-refractivity contribution in [1.82, 2.24) is 15.1 Å². The first-order chi connectivity index (χ1) is 8.17. The van der Waals surface area contributed by atoms with Crippen molar-refractivity contribution >= 4 is 0 Å². The Morgan fingerprint density at radius 1 is 1.18 bits per heavy atom. The van der Waals surface area contributed by atoms with Gasteiger partial charge in [0.1, 0.15) is 0 Å². The maximum Gasteiger partial charge on any atom is 0.0309 e. The lowest BCUT2D eigenvalue weighted by Crippen LogP contribution is -2.63. The van der Waals surface area contributed by atoms with Crippen LogP contribution in [-0.2, 0) is 0 Å². The van der Waals surface area contributed by atoms with Crippen molar-refractivity contribution in [1.29, 1.82) is 0 Å². The summed E-state index contributed by atoms with van der Waals surface area (Å²) in [5.74, 6) is 0.951. The van der Waals surface area contributed by atoms with Crippen LogP contribution in [0.3, 0.4) is 0 Å². The Morgan fingerprint density at radius 2 is 2.00 bits per heavy atom. The predicted octanol–water partition coefficient (Wildman–Crippen LogP) is 1.15. The van der Waals surface area contributed by atoms with Crippen molar-refractivity contribution in [2.24, 2.45) is 5.92 Å². The molecule has 17 heavy (non-hydrogen) atoms. The number of rotatable bonds is 2. The lowest BCUT2D eigenvalue weighted by atomic mass is 9.91. The third-order valence-electron chi connectivity index (χ3n) is 5.05. The molecule has 0 aromatic carbocycles. The zero-order valence-electron chi connectivity index (χ0n) is 11.4. The second-order valence-corrected chi connectivity index (χ2v) is 6.65. The van der Waals surface area contributed by atoms with Gasteiger partial charge in [-0.25, -0.2) is 0 Å². The SMILES string of the molecule is CN1CCCC(N2CCNC(C)(C3CC3)C2)C1. The number of likely N-dealkylation sites (N-methyl/N-ethyl adjacent to an activating group) is 1. The maximum absolute atomic E-state index is 3.78. The van der Waals surface area contributed by atoms with Crippen LogP contribution in [0.15, 0.2) is 0 Å². The Labute approximate surface area is 106 Å². The molecule has 0 spiro atoms. The highest BCUT2D eigenvalue weighted by Crippen LogP contribution is 2.41. The van der Waals surface area contributed by atoms with Crippen molar-refractivity contribution in [3.05, 3.63) is 0 Å². The van der Waals surface area contributed by atoms with E-state index in [2.05, 4.69) is 29.1 Å². The summed E-state index contributed by atoms with van der Waals surface area (Å²) in [5.41, 5.74) is 0.411. The monoisotopic (exact) mass is 237 g/mol. The Morgan fingerprint density at radius 3 is 2.71 bits per heavy atom. The number of hydrogen-bond acceptors (Lipinski definition) is 3. The van der Waals surface area contributed by atoms with Gasteiger partial charge in [-0.1, -0.05) is 0 Å². The lowest BCUT2D eigenvalue weighted by Gasteiger charge is -2.47. The highest BCUT2D eigenvalue weighted by atomic mass is 15.3. The Kier molecular flexibility index (Phi) is 3.18. The molecule has 0 bridgehead atoms. The molecule has 3 rings (SSSR count). The van der Waals surface area contributed by atoms with Crippen LogP contribution < -0.4 is 5.32 Å². The molecule has 0 radical (unpaired) electrons. The first-order valence-corrected chi connectivity index (χ1v) is 7.35. The molecule has 0 aromatic heterocycles. The van der Waals surface area contributed by atoms with Crippen LogP contribution in [0, 0.1) is 5.92 Å². The van der Waals surface area contributed by atoms with Crippen LogP contribution in [0.4, 0.5) is 0 Å². The lowest BCUT2D eigenvalue weighted by molar-refractivity contribution is 0.0521. The van der Waals surface area contributed by atoms with E-state index in [1.54, 1.807) is 0 Å². The standard InChI is InChI=1S/C14H27N3/c1-14(12-5-6-12)11-17(9-7-15-14)13-4-3-8-16(2)10-13/h12-13,15H,3-11H2,1-2H3. The molecule has 2 atom stereocenters. The van der Waals surface area contributed by atoms with E-state index in [1.165, 1.54) is 58.4 Å². The van der Waals surface area contributed by atoms with E-state index in [1.807, 2.05) is 0 Å². The fourth-order valence-corrected chi connectivity index (χ4v) is 3.78. The van der Waals surface area contributed by atoms with Gasteiger partial charge in [0.25, 0.3) is 0 Å². The largest absolute Gasteiger partial charge is 0.309 e. The molecule has 2 unspecified atom stereocenters. The second-order valence-electron chi connectivity index (χ2n) is 6.65. The molecule has 2 aliphatic heterocycles. The molecule has 3 fully saturated rings. The highest BCUT2D eigenvalue weighted by molar-refractivity contribution is 5.03. The van der Waals surface area contributed by atoms with Crippen molar-refractivity contribution in [3.8, 4) is 0 Å². The molecule has 3 heteroatoms. The average molecular weight is 237 g/mol. The molecule has 0 amide bonds. The van der Waals surface area contributed by atoms with Crippen LogP contribution in [0.5, 0.6) is 0 Å². The summed E-state index contributed by atoms with van der Waals surface area (Å²) in [5, 5.41) is 3.78. The molecule has 3 nitrogen and oxygen atoms in total. The first kappa shape index (κ1) is 11.9. The fourth-order valence-electron chi connectivity index (χ4n) is 3.78. The molecular weight excluding hydrogens is 210 g/mol. The summed E-state index contributed by atoms with van der Waals surface area (Å²) in [7, 11) is 2.27. The average Bonchev–Trinajstić information content (AvgIpc) is 3.13. The molecule has 0 aromatic rings. The highest BCUT2D eigenvalue weighted by Gasteiger charge is 2.44. The minimum Gasteiger partial charge on any atom is -0.309 e. The number of likely N-dealkylation sites (tertiary alicyclic amines) is 1. The van der Waals surface area contributed by atoms with Crippen molar-refractivity contribution in [2.45, 2.75) is 44.2 Å². The van der Waals surface area contributed by atoms with Crippen LogP contribution in [0.1, 0.15) is 32.6 Å². The maximum atomic E-state index is 3.78. The van der Waals surface area contributed by atoms with Gasteiger partial charge in [0.2, 0.25) is 0 Å². The van der Waals surface area contributed by atoms with Crippen LogP contribution in [-0.4, -0.2) is 61.2 Å². The van der Waals surface area contributed by atoms with E-state index in [4.69, 9.17) is 0 Å². The van der Waals surface area contributed by atoms with Crippen molar-refractivity contribution < 1.29 is 0 Å². The zero-order valence-corrected chi connectivity index (χ0v) is 11.4. The molecule has 3 aliphatic rings. The van der Waals surface area contributed by atoms with Crippen LogP contribution >= 0.6 is 0 Å². The summed E-state index contributed by atoms with van der Waals surface area (Å²) >= 11 is 0. The zero-order chi connectivity index (χ0) is 11.9. The van der Waals surface area contributed by atoms with Gasteiger partial charge < -0.3 is 10.2 Å². The molecule has 98 valence electrons. The van der Waals surface area contributed by atoms with Gasteiger partial charge in [0.05, 0.1) is 0 Å². The second kappa shape index (κ2) is 4.52. The predicted molar refractivity (Wildman–Crippen MR) is 71.2 cm³/mol. The van der Waals surface area contributed by atoms with E-state index in [9.17, 15) is 0 Å². The van der Waals surface area contributed by atoms with Crippen molar-refractivity contribution in [2.75, 3.05) is 39.8 Å². The summed E-state index contributed by atoms with van der Waals surface area (Å²) < 4.78 is 0. The molecule has 2 heterocycles. The van der Waals surface area contributed by atoms with E-state index >= 15 is 0 Å². The molecule has 1 aliphatic carbocycles. The smallest absolute Gasteiger partial charge is 0.0309 e. The van der Waals surface area contributed by atoms with Gasteiger partial charge in [-0.2, -0.15) is 0 Å². The number of piperidine rings is 1. The van der Waals surface area contributed by atoms with E-state index < -0.39 is 0 Å². The Bertz CT molecular complexity index is 277. The third-order valence-corrected chi connectivity index (χ3v) is 5.05. The Hall–Kier alpha value is -0.120. The van der Waals surface area contributed by atoms with Gasteiger partial charge in [-0.05, 0) is 52.1 Å². The van der Waals surface area contributed by atoms with Gasteiger partial charge in [0, 0.05) is 37.8 Å².